The summed E-state index contributed by atoms with van der Waals surface area (Å²) in [7, 11) is 5.01. The van der Waals surface area contributed by atoms with Gasteiger partial charge in [-0.05, 0) is 11.1 Å². The summed E-state index contributed by atoms with van der Waals surface area (Å²) in [6, 6.07) is 24.8. The van der Waals surface area contributed by atoms with Gasteiger partial charge in [0.25, 0.3) is 0 Å². The summed E-state index contributed by atoms with van der Waals surface area (Å²) in [5, 5.41) is 0.0715. The third-order valence-electron chi connectivity index (χ3n) is 4.38. The Hall–Kier alpha value is -2.59. The van der Waals surface area contributed by atoms with E-state index in [1.165, 1.54) is 11.1 Å². The van der Waals surface area contributed by atoms with Crippen LogP contribution in [0.15, 0.2) is 72.8 Å². The van der Waals surface area contributed by atoms with Gasteiger partial charge in [0, 0.05) is 17.9 Å². The van der Waals surface area contributed by atoms with Crippen LogP contribution in [0.5, 0.6) is 17.2 Å². The first-order chi connectivity index (χ1) is 13.3. The molecule has 0 N–H and O–H groups in total. The standard InChI is InChI=1S/C23H24O3S/c1-24-19-14-20(25-2)22(21(15-19)26-3)23(18-12-8-5-9-13-18)27-16-17-10-6-4-7-11-17/h4-15,23H,16H2,1-3H3. The van der Waals surface area contributed by atoms with Crippen LogP contribution in [0.1, 0.15) is 21.9 Å². The molecular formula is C23H24O3S. The van der Waals surface area contributed by atoms with Crippen molar-refractivity contribution in [2.75, 3.05) is 21.3 Å². The molecule has 0 aliphatic heterocycles. The molecule has 3 aromatic rings. The highest BCUT2D eigenvalue weighted by molar-refractivity contribution is 7.99. The Morgan fingerprint density at radius 1 is 0.741 bits per heavy atom. The molecule has 3 nitrogen and oxygen atoms in total. The van der Waals surface area contributed by atoms with Gasteiger partial charge in [-0.25, -0.2) is 0 Å². The van der Waals surface area contributed by atoms with Crippen LogP contribution in [-0.2, 0) is 5.75 Å². The lowest BCUT2D eigenvalue weighted by atomic mass is 10.0. The Morgan fingerprint density at radius 2 is 1.30 bits per heavy atom. The van der Waals surface area contributed by atoms with Crippen molar-refractivity contribution in [3.8, 4) is 17.2 Å². The van der Waals surface area contributed by atoms with Crippen molar-refractivity contribution in [1.82, 2.24) is 0 Å². The van der Waals surface area contributed by atoms with E-state index < -0.39 is 0 Å². The highest BCUT2D eigenvalue weighted by Crippen LogP contribution is 2.47. The maximum atomic E-state index is 5.71. The SMILES string of the molecule is COc1cc(OC)c(C(SCc2ccccc2)c2ccccc2)c(OC)c1. The van der Waals surface area contributed by atoms with E-state index in [4.69, 9.17) is 14.2 Å². The molecule has 0 heterocycles. The van der Waals surface area contributed by atoms with E-state index in [1.54, 1.807) is 21.3 Å². The largest absolute Gasteiger partial charge is 0.496 e. The lowest BCUT2D eigenvalue weighted by Gasteiger charge is -2.23. The summed E-state index contributed by atoms with van der Waals surface area (Å²) < 4.78 is 16.8. The molecule has 0 amide bonds. The molecule has 1 atom stereocenters. The van der Waals surface area contributed by atoms with Crippen LogP contribution in [0, 0.1) is 0 Å². The summed E-state index contributed by atoms with van der Waals surface area (Å²) in [5.41, 5.74) is 3.52. The van der Waals surface area contributed by atoms with E-state index in [0.717, 1.165) is 22.8 Å². The van der Waals surface area contributed by atoms with Gasteiger partial charge >= 0.3 is 0 Å². The van der Waals surface area contributed by atoms with Gasteiger partial charge in [-0.3, -0.25) is 0 Å². The minimum absolute atomic E-state index is 0.0715. The molecule has 140 valence electrons. The number of thioether (sulfide) groups is 1. The molecule has 1 unspecified atom stereocenters. The first-order valence-electron chi connectivity index (χ1n) is 8.77. The Kier molecular flexibility index (Phi) is 6.66. The second kappa shape index (κ2) is 9.38. The van der Waals surface area contributed by atoms with Crippen LogP contribution in [0.25, 0.3) is 0 Å². The van der Waals surface area contributed by atoms with Gasteiger partial charge < -0.3 is 14.2 Å². The van der Waals surface area contributed by atoms with Gasteiger partial charge in [-0.15, -0.1) is 11.8 Å². The molecule has 4 heteroatoms. The van der Waals surface area contributed by atoms with E-state index in [2.05, 4.69) is 48.5 Å². The fourth-order valence-corrected chi connectivity index (χ4v) is 4.32. The summed E-state index contributed by atoms with van der Waals surface area (Å²) in [6.07, 6.45) is 0. The number of methoxy groups -OCH3 is 3. The van der Waals surface area contributed by atoms with Gasteiger partial charge in [-0.2, -0.15) is 0 Å². The van der Waals surface area contributed by atoms with E-state index >= 15 is 0 Å². The molecule has 0 aliphatic rings. The van der Waals surface area contributed by atoms with Crippen LogP contribution in [0.4, 0.5) is 0 Å². The normalized spacial score (nSPS) is 11.7. The molecule has 27 heavy (non-hydrogen) atoms. The molecule has 0 spiro atoms. The smallest absolute Gasteiger partial charge is 0.130 e. The molecule has 0 aliphatic carbocycles. The monoisotopic (exact) mass is 380 g/mol. The minimum atomic E-state index is 0.0715. The van der Waals surface area contributed by atoms with E-state index in [9.17, 15) is 0 Å². The van der Waals surface area contributed by atoms with Crippen LogP contribution < -0.4 is 14.2 Å². The Balaban J connectivity index is 2.05. The number of rotatable bonds is 8. The highest BCUT2D eigenvalue weighted by atomic mass is 32.2. The first kappa shape index (κ1) is 19.2. The lowest BCUT2D eigenvalue weighted by Crippen LogP contribution is -2.04. The second-order valence-corrected chi connectivity index (χ2v) is 7.13. The number of benzene rings is 3. The summed E-state index contributed by atoms with van der Waals surface area (Å²) >= 11 is 1.85. The maximum absolute atomic E-state index is 5.71. The average Bonchev–Trinajstić information content (AvgIpc) is 2.75. The number of hydrogen-bond acceptors (Lipinski definition) is 4. The second-order valence-electron chi connectivity index (χ2n) is 6.03. The summed E-state index contributed by atoms with van der Waals surface area (Å²) in [5.74, 6) is 3.13. The van der Waals surface area contributed by atoms with Crippen LogP contribution in [0.3, 0.4) is 0 Å². The predicted molar refractivity (Wildman–Crippen MR) is 112 cm³/mol. The zero-order valence-corrected chi connectivity index (χ0v) is 16.7. The molecule has 0 saturated carbocycles. The lowest BCUT2D eigenvalue weighted by molar-refractivity contribution is 0.369. The van der Waals surface area contributed by atoms with E-state index in [1.807, 2.05) is 36.0 Å². The van der Waals surface area contributed by atoms with Crippen LogP contribution >= 0.6 is 11.8 Å². The zero-order valence-electron chi connectivity index (χ0n) is 15.8. The van der Waals surface area contributed by atoms with Crippen molar-refractivity contribution >= 4 is 11.8 Å². The third-order valence-corrected chi connectivity index (χ3v) is 5.72. The molecule has 0 saturated heterocycles. The van der Waals surface area contributed by atoms with Crippen molar-refractivity contribution in [3.05, 3.63) is 89.5 Å². The Morgan fingerprint density at radius 3 is 1.81 bits per heavy atom. The van der Waals surface area contributed by atoms with Crippen molar-refractivity contribution < 1.29 is 14.2 Å². The molecule has 0 aromatic heterocycles. The Labute approximate surface area is 165 Å². The zero-order chi connectivity index (χ0) is 19.1. The van der Waals surface area contributed by atoms with E-state index in [-0.39, 0.29) is 5.25 Å². The molecule has 0 bridgehead atoms. The molecule has 0 fully saturated rings. The van der Waals surface area contributed by atoms with Crippen molar-refractivity contribution in [3.63, 3.8) is 0 Å². The maximum Gasteiger partial charge on any atom is 0.130 e. The highest BCUT2D eigenvalue weighted by Gasteiger charge is 2.24. The average molecular weight is 381 g/mol. The topological polar surface area (TPSA) is 27.7 Å². The fraction of sp³-hybridized carbons (Fsp3) is 0.217. The van der Waals surface area contributed by atoms with E-state index in [0.29, 0.717) is 5.75 Å². The molecule has 3 rings (SSSR count). The number of ether oxygens (including phenoxy) is 3. The van der Waals surface area contributed by atoms with Crippen molar-refractivity contribution in [2.24, 2.45) is 0 Å². The van der Waals surface area contributed by atoms with Gasteiger partial charge in [0.1, 0.15) is 17.2 Å². The fourth-order valence-electron chi connectivity index (χ4n) is 3.02. The quantitative estimate of drug-likeness (QED) is 0.498. The number of hydrogen-bond donors (Lipinski definition) is 0. The van der Waals surface area contributed by atoms with Gasteiger partial charge in [-0.1, -0.05) is 60.7 Å². The third kappa shape index (κ3) is 4.58. The molecular weight excluding hydrogens is 356 g/mol. The molecule has 0 radical (unpaired) electrons. The van der Waals surface area contributed by atoms with Crippen molar-refractivity contribution in [2.45, 2.75) is 11.0 Å². The summed E-state index contributed by atoms with van der Waals surface area (Å²) in [4.78, 5) is 0. The van der Waals surface area contributed by atoms with Crippen molar-refractivity contribution in [1.29, 1.82) is 0 Å². The Bertz CT molecular complexity index is 825. The predicted octanol–water partition coefficient (Wildman–Crippen LogP) is 5.74. The first-order valence-corrected chi connectivity index (χ1v) is 9.82. The van der Waals surface area contributed by atoms with Crippen LogP contribution in [-0.4, -0.2) is 21.3 Å². The summed E-state index contributed by atoms with van der Waals surface area (Å²) in [6.45, 7) is 0. The molecule has 3 aromatic carbocycles. The van der Waals surface area contributed by atoms with Gasteiger partial charge in [0.2, 0.25) is 0 Å². The van der Waals surface area contributed by atoms with Crippen LogP contribution in [0.2, 0.25) is 0 Å². The van der Waals surface area contributed by atoms with Gasteiger partial charge in [0.15, 0.2) is 0 Å². The van der Waals surface area contributed by atoms with Gasteiger partial charge in [0.05, 0.1) is 32.1 Å². The minimum Gasteiger partial charge on any atom is -0.496 e.